The molecule has 3 rings (SSSR count). The van der Waals surface area contributed by atoms with Crippen molar-refractivity contribution in [3.05, 3.63) is 28.2 Å². The SMILES string of the molecule is Cc1ccc(N2CCCNC(C)(C3CC3)C2)cc1Br. The van der Waals surface area contributed by atoms with E-state index in [0.29, 0.717) is 5.54 Å². The molecule has 0 amide bonds. The summed E-state index contributed by atoms with van der Waals surface area (Å²) < 4.78 is 1.22. The number of rotatable bonds is 2. The van der Waals surface area contributed by atoms with E-state index in [1.165, 1.54) is 35.0 Å². The molecule has 0 aromatic heterocycles. The first-order valence-corrected chi connectivity index (χ1v) is 8.14. The lowest BCUT2D eigenvalue weighted by atomic mass is 9.95. The van der Waals surface area contributed by atoms with Crippen molar-refractivity contribution in [1.29, 1.82) is 0 Å². The number of aryl methyl sites for hydroxylation is 1. The summed E-state index contributed by atoms with van der Waals surface area (Å²) in [6, 6.07) is 6.75. The third-order valence-electron chi connectivity index (χ3n) is 4.65. The molecule has 0 radical (unpaired) electrons. The van der Waals surface area contributed by atoms with E-state index in [-0.39, 0.29) is 0 Å². The van der Waals surface area contributed by atoms with Crippen LogP contribution in [0.5, 0.6) is 0 Å². The van der Waals surface area contributed by atoms with Gasteiger partial charge >= 0.3 is 0 Å². The molecule has 3 heteroatoms. The van der Waals surface area contributed by atoms with Crippen molar-refractivity contribution in [2.45, 2.75) is 38.6 Å². The molecule has 1 aromatic carbocycles. The van der Waals surface area contributed by atoms with Gasteiger partial charge in [-0.2, -0.15) is 0 Å². The molecule has 1 aliphatic heterocycles. The van der Waals surface area contributed by atoms with E-state index in [0.717, 1.165) is 25.6 Å². The predicted molar refractivity (Wildman–Crippen MR) is 84.8 cm³/mol. The highest BCUT2D eigenvalue weighted by atomic mass is 79.9. The van der Waals surface area contributed by atoms with Crippen LogP contribution < -0.4 is 10.2 Å². The average Bonchev–Trinajstić information content (AvgIpc) is 3.19. The van der Waals surface area contributed by atoms with Crippen molar-refractivity contribution in [3.63, 3.8) is 0 Å². The molecule has 2 nitrogen and oxygen atoms in total. The van der Waals surface area contributed by atoms with Gasteiger partial charge in [-0.1, -0.05) is 22.0 Å². The molecule has 1 heterocycles. The fraction of sp³-hybridized carbons (Fsp3) is 0.625. The van der Waals surface area contributed by atoms with E-state index in [4.69, 9.17) is 0 Å². The van der Waals surface area contributed by atoms with Crippen molar-refractivity contribution in [3.8, 4) is 0 Å². The van der Waals surface area contributed by atoms with Crippen LogP contribution in [-0.2, 0) is 0 Å². The highest BCUT2D eigenvalue weighted by Crippen LogP contribution is 2.41. The fourth-order valence-electron chi connectivity index (χ4n) is 3.17. The molecule has 2 aliphatic rings. The average molecular weight is 323 g/mol. The van der Waals surface area contributed by atoms with Crippen molar-refractivity contribution < 1.29 is 0 Å². The number of nitrogens with zero attached hydrogens (tertiary/aromatic N) is 1. The van der Waals surface area contributed by atoms with E-state index < -0.39 is 0 Å². The van der Waals surface area contributed by atoms with Crippen LogP contribution in [0.3, 0.4) is 0 Å². The Kier molecular flexibility index (Phi) is 3.61. The molecule has 1 aliphatic carbocycles. The van der Waals surface area contributed by atoms with Crippen LogP contribution in [-0.4, -0.2) is 25.2 Å². The van der Waals surface area contributed by atoms with E-state index in [1.807, 2.05) is 0 Å². The van der Waals surface area contributed by atoms with E-state index in [9.17, 15) is 0 Å². The molecular formula is C16H23BrN2. The summed E-state index contributed by atoms with van der Waals surface area (Å²) in [7, 11) is 0. The topological polar surface area (TPSA) is 15.3 Å². The highest BCUT2D eigenvalue weighted by molar-refractivity contribution is 9.10. The minimum absolute atomic E-state index is 0.299. The maximum Gasteiger partial charge on any atom is 0.0378 e. The lowest BCUT2D eigenvalue weighted by molar-refractivity contribution is 0.331. The number of benzene rings is 1. The van der Waals surface area contributed by atoms with Crippen molar-refractivity contribution in [1.82, 2.24) is 5.32 Å². The Balaban J connectivity index is 1.83. The van der Waals surface area contributed by atoms with E-state index in [2.05, 4.69) is 58.2 Å². The summed E-state index contributed by atoms with van der Waals surface area (Å²) in [6.45, 7) is 7.99. The van der Waals surface area contributed by atoms with Crippen LogP contribution in [0, 0.1) is 12.8 Å². The molecule has 1 N–H and O–H groups in total. The van der Waals surface area contributed by atoms with Gasteiger partial charge in [0.25, 0.3) is 0 Å². The third kappa shape index (κ3) is 2.82. The molecule has 1 aromatic rings. The zero-order valence-corrected chi connectivity index (χ0v) is 13.5. The van der Waals surface area contributed by atoms with Crippen molar-refractivity contribution in [2.75, 3.05) is 24.5 Å². The maximum atomic E-state index is 3.79. The minimum atomic E-state index is 0.299. The third-order valence-corrected chi connectivity index (χ3v) is 5.51. The van der Waals surface area contributed by atoms with Crippen molar-refractivity contribution in [2.24, 2.45) is 5.92 Å². The van der Waals surface area contributed by atoms with E-state index >= 15 is 0 Å². The molecule has 0 bridgehead atoms. The van der Waals surface area contributed by atoms with Gasteiger partial charge in [-0.05, 0) is 63.3 Å². The Bertz CT molecular complexity index is 470. The van der Waals surface area contributed by atoms with Crippen LogP contribution in [0.25, 0.3) is 0 Å². The zero-order valence-electron chi connectivity index (χ0n) is 11.9. The molecule has 2 fully saturated rings. The van der Waals surface area contributed by atoms with Gasteiger partial charge in [0.2, 0.25) is 0 Å². The lowest BCUT2D eigenvalue weighted by Gasteiger charge is -2.35. The second-order valence-electron chi connectivity index (χ2n) is 6.33. The second-order valence-corrected chi connectivity index (χ2v) is 7.18. The Morgan fingerprint density at radius 2 is 2.16 bits per heavy atom. The van der Waals surface area contributed by atoms with Crippen LogP contribution >= 0.6 is 15.9 Å². The zero-order chi connectivity index (χ0) is 13.5. The maximum absolute atomic E-state index is 3.79. The first kappa shape index (κ1) is 13.4. The minimum Gasteiger partial charge on any atom is -0.370 e. The number of halogens is 1. The number of anilines is 1. The van der Waals surface area contributed by atoms with Gasteiger partial charge in [0, 0.05) is 28.8 Å². The molecule has 1 unspecified atom stereocenters. The normalized spacial score (nSPS) is 28.3. The Morgan fingerprint density at radius 3 is 2.84 bits per heavy atom. The molecule has 0 spiro atoms. The van der Waals surface area contributed by atoms with Crippen LogP contribution in [0.1, 0.15) is 31.7 Å². The van der Waals surface area contributed by atoms with Gasteiger partial charge in [0.05, 0.1) is 0 Å². The predicted octanol–water partition coefficient (Wildman–Crippen LogP) is 3.73. The number of hydrogen-bond donors (Lipinski definition) is 1. The second kappa shape index (κ2) is 5.10. The summed E-state index contributed by atoms with van der Waals surface area (Å²) in [5.74, 6) is 0.877. The Morgan fingerprint density at radius 1 is 1.37 bits per heavy atom. The Labute approximate surface area is 124 Å². The smallest absolute Gasteiger partial charge is 0.0378 e. The quantitative estimate of drug-likeness (QED) is 0.892. The first-order chi connectivity index (χ1) is 9.08. The summed E-state index contributed by atoms with van der Waals surface area (Å²) in [4.78, 5) is 2.56. The van der Waals surface area contributed by atoms with Crippen LogP contribution in [0.4, 0.5) is 5.69 Å². The first-order valence-electron chi connectivity index (χ1n) is 7.35. The summed E-state index contributed by atoms with van der Waals surface area (Å²) in [6.07, 6.45) is 4.03. The van der Waals surface area contributed by atoms with E-state index in [1.54, 1.807) is 0 Å². The summed E-state index contributed by atoms with van der Waals surface area (Å²) in [5, 5.41) is 3.79. The molecule has 19 heavy (non-hydrogen) atoms. The standard InChI is InChI=1S/C16H23BrN2/c1-12-4-7-14(10-15(12)17)19-9-3-8-18-16(2,11-19)13-5-6-13/h4,7,10,13,18H,3,5-6,8-9,11H2,1-2H3. The van der Waals surface area contributed by atoms with Crippen molar-refractivity contribution >= 4 is 21.6 Å². The van der Waals surface area contributed by atoms with Crippen LogP contribution in [0.2, 0.25) is 0 Å². The van der Waals surface area contributed by atoms with Gasteiger partial charge in [-0.3, -0.25) is 0 Å². The number of nitrogens with one attached hydrogen (secondary N) is 1. The van der Waals surface area contributed by atoms with Crippen LogP contribution in [0.15, 0.2) is 22.7 Å². The molecule has 1 atom stereocenters. The molecule has 104 valence electrons. The van der Waals surface area contributed by atoms with Gasteiger partial charge in [-0.25, -0.2) is 0 Å². The molecule has 1 saturated carbocycles. The Hall–Kier alpha value is -0.540. The largest absolute Gasteiger partial charge is 0.370 e. The summed E-state index contributed by atoms with van der Waals surface area (Å²) in [5.41, 5.74) is 2.96. The molecule has 1 saturated heterocycles. The van der Waals surface area contributed by atoms with Gasteiger partial charge in [0.1, 0.15) is 0 Å². The lowest BCUT2D eigenvalue weighted by Crippen LogP contribution is -2.51. The number of hydrogen-bond acceptors (Lipinski definition) is 2. The monoisotopic (exact) mass is 322 g/mol. The van der Waals surface area contributed by atoms with Gasteiger partial charge in [0.15, 0.2) is 0 Å². The summed E-state index contributed by atoms with van der Waals surface area (Å²) >= 11 is 3.66. The van der Waals surface area contributed by atoms with Gasteiger partial charge < -0.3 is 10.2 Å². The fourth-order valence-corrected chi connectivity index (χ4v) is 3.53. The van der Waals surface area contributed by atoms with Gasteiger partial charge in [-0.15, -0.1) is 0 Å². The highest BCUT2D eigenvalue weighted by Gasteiger charge is 2.43. The molecular weight excluding hydrogens is 300 g/mol.